The lowest BCUT2D eigenvalue weighted by atomic mass is 10.1. The van der Waals surface area contributed by atoms with Crippen LogP contribution in [0.4, 0.5) is 5.69 Å². The monoisotopic (exact) mass is 412 g/mol. The van der Waals surface area contributed by atoms with Gasteiger partial charge in [0.2, 0.25) is 0 Å². The van der Waals surface area contributed by atoms with Gasteiger partial charge in [-0.05, 0) is 55.0 Å². The fraction of sp³-hybridized carbons (Fsp3) is 0.0800. The molecule has 1 heterocycles. The summed E-state index contributed by atoms with van der Waals surface area (Å²) in [5.41, 5.74) is 3.94. The number of rotatable bonds is 4. The van der Waals surface area contributed by atoms with Crippen molar-refractivity contribution in [2.75, 3.05) is 12.0 Å². The number of amidine groups is 1. The van der Waals surface area contributed by atoms with Crippen LogP contribution in [0.25, 0.3) is 6.08 Å². The van der Waals surface area contributed by atoms with Gasteiger partial charge < -0.3 is 9.84 Å². The maximum absolute atomic E-state index is 13.3. The highest BCUT2D eigenvalue weighted by Crippen LogP contribution is 2.29. The molecule has 0 saturated carbocycles. The number of hydrogen-bond donors (Lipinski definition) is 1. The van der Waals surface area contributed by atoms with Gasteiger partial charge in [0.05, 0.1) is 18.4 Å². The summed E-state index contributed by atoms with van der Waals surface area (Å²) in [4.78, 5) is 31.0. The number of ether oxygens (including phenoxy) is 1. The van der Waals surface area contributed by atoms with Crippen molar-refractivity contribution >= 4 is 29.5 Å². The van der Waals surface area contributed by atoms with E-state index in [1.54, 1.807) is 42.5 Å². The minimum atomic E-state index is -0.422. The zero-order valence-electron chi connectivity index (χ0n) is 17.1. The number of nitrogens with zero attached hydrogens (tertiary/aromatic N) is 2. The van der Waals surface area contributed by atoms with Crippen molar-refractivity contribution < 1.29 is 19.4 Å². The van der Waals surface area contributed by atoms with Gasteiger partial charge in [0.1, 0.15) is 17.3 Å². The molecule has 1 N–H and O–H groups in total. The van der Waals surface area contributed by atoms with Gasteiger partial charge in [-0.3, -0.25) is 9.69 Å². The van der Waals surface area contributed by atoms with Crippen molar-refractivity contribution in [2.24, 2.45) is 4.99 Å². The highest BCUT2D eigenvalue weighted by Gasteiger charge is 2.32. The summed E-state index contributed by atoms with van der Waals surface area (Å²) in [5.74, 6) is -0.0774. The molecule has 0 spiro atoms. The van der Waals surface area contributed by atoms with E-state index in [0.717, 1.165) is 16.7 Å². The Labute approximate surface area is 179 Å². The zero-order chi connectivity index (χ0) is 22.0. The number of aryl methyl sites for hydroxylation is 1. The Morgan fingerprint density at radius 1 is 0.968 bits per heavy atom. The Hall–Kier alpha value is -4.19. The first kappa shape index (κ1) is 20.1. The van der Waals surface area contributed by atoms with Gasteiger partial charge in [0.15, 0.2) is 0 Å². The molecule has 4 rings (SSSR count). The first-order valence-corrected chi connectivity index (χ1v) is 9.65. The molecule has 0 saturated heterocycles. The molecular formula is C25H20N2O4. The molecule has 1 amide bonds. The molecule has 31 heavy (non-hydrogen) atoms. The van der Waals surface area contributed by atoms with Gasteiger partial charge in [0.25, 0.3) is 5.91 Å². The third kappa shape index (κ3) is 4.09. The molecule has 3 aromatic rings. The number of phenolic OH excluding ortho intramolecular Hbond substituents is 1. The van der Waals surface area contributed by atoms with Crippen LogP contribution in [0.2, 0.25) is 0 Å². The molecule has 0 aliphatic carbocycles. The molecule has 0 fully saturated rings. The summed E-state index contributed by atoms with van der Waals surface area (Å²) in [7, 11) is 1.33. The molecule has 0 bridgehead atoms. The summed E-state index contributed by atoms with van der Waals surface area (Å²) < 4.78 is 4.71. The van der Waals surface area contributed by atoms with E-state index in [2.05, 4.69) is 4.99 Å². The smallest absolute Gasteiger partial charge is 0.337 e. The van der Waals surface area contributed by atoms with E-state index >= 15 is 0 Å². The highest BCUT2D eigenvalue weighted by molar-refractivity contribution is 6.33. The Balaban J connectivity index is 1.75. The average molecular weight is 412 g/mol. The number of carbonyl (C=O) groups excluding carboxylic acids is 2. The van der Waals surface area contributed by atoms with Gasteiger partial charge in [0, 0.05) is 5.56 Å². The molecule has 154 valence electrons. The lowest BCUT2D eigenvalue weighted by Crippen LogP contribution is -2.32. The molecule has 1 aliphatic rings. The number of benzene rings is 3. The molecule has 0 radical (unpaired) electrons. The van der Waals surface area contributed by atoms with E-state index < -0.39 is 5.97 Å². The maximum Gasteiger partial charge on any atom is 0.337 e. The Morgan fingerprint density at radius 2 is 1.61 bits per heavy atom. The summed E-state index contributed by atoms with van der Waals surface area (Å²) >= 11 is 0. The normalized spacial score (nSPS) is 14.6. The minimum absolute atomic E-state index is 0.116. The predicted octanol–water partition coefficient (Wildman–Crippen LogP) is 4.32. The van der Waals surface area contributed by atoms with Crippen LogP contribution < -0.4 is 4.90 Å². The SMILES string of the molecule is COC(=O)c1ccc(/C=C2/N=C(c3ccc(C)cc3)N(c3ccc(O)cc3)C2=O)cc1. The van der Waals surface area contributed by atoms with Gasteiger partial charge >= 0.3 is 5.97 Å². The van der Waals surface area contributed by atoms with Gasteiger partial charge in [-0.25, -0.2) is 9.79 Å². The van der Waals surface area contributed by atoms with Crippen LogP contribution in [0.5, 0.6) is 5.75 Å². The van der Waals surface area contributed by atoms with Crippen molar-refractivity contribution in [3.8, 4) is 5.75 Å². The second kappa shape index (κ2) is 8.28. The lowest BCUT2D eigenvalue weighted by Gasteiger charge is -2.18. The van der Waals surface area contributed by atoms with E-state index in [4.69, 9.17) is 4.74 Å². The van der Waals surface area contributed by atoms with E-state index in [1.165, 1.54) is 24.1 Å². The standard InChI is InChI=1S/C25H20N2O4/c1-16-3-7-18(8-4-16)23-26-22(15-17-5-9-19(10-6-17)25(30)31-2)24(29)27(23)20-11-13-21(28)14-12-20/h3-15,28H,1-2H3/b22-15+. The van der Waals surface area contributed by atoms with Crippen molar-refractivity contribution in [2.45, 2.75) is 6.92 Å². The summed E-state index contributed by atoms with van der Waals surface area (Å²) in [6.07, 6.45) is 1.68. The number of carbonyl (C=O) groups is 2. The van der Waals surface area contributed by atoms with E-state index in [1.807, 2.05) is 31.2 Å². The zero-order valence-corrected chi connectivity index (χ0v) is 17.1. The van der Waals surface area contributed by atoms with Gasteiger partial charge in [-0.1, -0.05) is 42.0 Å². The van der Waals surface area contributed by atoms with E-state index in [0.29, 0.717) is 17.1 Å². The third-order valence-electron chi connectivity index (χ3n) is 4.91. The van der Waals surface area contributed by atoms with Crippen molar-refractivity contribution in [3.63, 3.8) is 0 Å². The van der Waals surface area contributed by atoms with Crippen molar-refractivity contribution in [1.29, 1.82) is 0 Å². The first-order valence-electron chi connectivity index (χ1n) is 9.65. The second-order valence-electron chi connectivity index (χ2n) is 7.10. The van der Waals surface area contributed by atoms with Crippen LogP contribution in [-0.2, 0) is 9.53 Å². The summed E-state index contributed by atoms with van der Waals surface area (Å²) in [5, 5.41) is 9.63. The van der Waals surface area contributed by atoms with E-state index in [9.17, 15) is 14.7 Å². The molecule has 0 atom stereocenters. The van der Waals surface area contributed by atoms with Gasteiger partial charge in [-0.15, -0.1) is 0 Å². The summed E-state index contributed by atoms with van der Waals surface area (Å²) in [6.45, 7) is 1.99. The number of methoxy groups -OCH3 is 1. The number of phenols is 1. The fourth-order valence-corrected chi connectivity index (χ4v) is 3.25. The molecule has 0 unspecified atom stereocenters. The van der Waals surface area contributed by atoms with Gasteiger partial charge in [-0.2, -0.15) is 0 Å². The lowest BCUT2D eigenvalue weighted by molar-refractivity contribution is -0.113. The largest absolute Gasteiger partial charge is 0.508 e. The molecular weight excluding hydrogens is 392 g/mol. The van der Waals surface area contributed by atoms with Crippen LogP contribution >= 0.6 is 0 Å². The Morgan fingerprint density at radius 3 is 2.23 bits per heavy atom. The summed E-state index contributed by atoms with van der Waals surface area (Å²) in [6, 6.07) is 20.9. The number of aliphatic imine (C=N–C) groups is 1. The van der Waals surface area contributed by atoms with Crippen LogP contribution in [0.3, 0.4) is 0 Å². The molecule has 1 aliphatic heterocycles. The fourth-order valence-electron chi connectivity index (χ4n) is 3.25. The Bertz CT molecular complexity index is 1190. The second-order valence-corrected chi connectivity index (χ2v) is 7.10. The highest BCUT2D eigenvalue weighted by atomic mass is 16.5. The van der Waals surface area contributed by atoms with Crippen LogP contribution in [0.1, 0.15) is 27.0 Å². The molecule has 6 heteroatoms. The minimum Gasteiger partial charge on any atom is -0.508 e. The third-order valence-corrected chi connectivity index (χ3v) is 4.91. The Kier molecular flexibility index (Phi) is 5.37. The van der Waals surface area contributed by atoms with Crippen LogP contribution in [-0.4, -0.2) is 29.9 Å². The number of amides is 1. The van der Waals surface area contributed by atoms with Crippen LogP contribution in [0.15, 0.2) is 83.5 Å². The van der Waals surface area contributed by atoms with Crippen molar-refractivity contribution in [3.05, 3.63) is 101 Å². The van der Waals surface area contributed by atoms with Crippen molar-refractivity contribution in [1.82, 2.24) is 0 Å². The maximum atomic E-state index is 13.3. The number of hydrogen-bond acceptors (Lipinski definition) is 5. The predicted molar refractivity (Wildman–Crippen MR) is 119 cm³/mol. The molecule has 6 nitrogen and oxygen atoms in total. The van der Waals surface area contributed by atoms with E-state index in [-0.39, 0.29) is 17.4 Å². The molecule has 0 aromatic heterocycles. The first-order chi connectivity index (χ1) is 15.0. The quantitative estimate of drug-likeness (QED) is 0.511. The molecule has 3 aromatic carbocycles. The topological polar surface area (TPSA) is 79.2 Å². The number of anilines is 1. The van der Waals surface area contributed by atoms with Crippen LogP contribution in [0, 0.1) is 6.92 Å². The average Bonchev–Trinajstić information content (AvgIpc) is 3.10. The number of esters is 1. The number of aromatic hydroxyl groups is 1.